The third-order valence-corrected chi connectivity index (χ3v) is 5.62. The molecule has 0 amide bonds. The van der Waals surface area contributed by atoms with Crippen molar-refractivity contribution in [3.8, 4) is 0 Å². The number of aromatic nitrogens is 3. The molecule has 2 heterocycles. The smallest absolute Gasteiger partial charge is 0.191 e. The lowest BCUT2D eigenvalue weighted by molar-refractivity contribution is 0.255. The summed E-state index contributed by atoms with van der Waals surface area (Å²) in [7, 11) is 2.16. The summed E-state index contributed by atoms with van der Waals surface area (Å²) < 4.78 is 2.07. The highest BCUT2D eigenvalue weighted by Crippen LogP contribution is 2.17. The minimum Gasteiger partial charge on any atom is -0.357 e. The van der Waals surface area contributed by atoms with Gasteiger partial charge in [0.15, 0.2) is 11.8 Å². The molecule has 2 aromatic rings. The zero-order valence-electron chi connectivity index (χ0n) is 19.5. The van der Waals surface area contributed by atoms with Crippen LogP contribution in [0.4, 0.5) is 0 Å². The molecule has 1 aromatic heterocycles. The number of rotatable bonds is 8. The molecule has 3 rings (SSSR count). The first kappa shape index (κ1) is 25.6. The van der Waals surface area contributed by atoms with Gasteiger partial charge in [-0.2, -0.15) is 5.10 Å². The van der Waals surface area contributed by atoms with E-state index < -0.39 is 0 Å². The maximum absolute atomic E-state index is 4.87. The van der Waals surface area contributed by atoms with Gasteiger partial charge in [0.2, 0.25) is 0 Å². The number of nitrogens with one attached hydrogen (secondary N) is 2. The normalized spacial score (nSPS) is 17.3. The van der Waals surface area contributed by atoms with E-state index in [9.17, 15) is 0 Å². The van der Waals surface area contributed by atoms with Crippen LogP contribution in [0.1, 0.15) is 57.2 Å². The molecule has 1 aliphatic heterocycles. The van der Waals surface area contributed by atoms with E-state index in [1.54, 1.807) is 0 Å². The topological polar surface area (TPSA) is 70.4 Å². The summed E-state index contributed by atoms with van der Waals surface area (Å²) in [6.07, 6.45) is 2.00. The van der Waals surface area contributed by atoms with Crippen LogP contribution in [0.2, 0.25) is 0 Å². The number of halogens is 1. The second-order valence-electron chi connectivity index (χ2n) is 8.57. The van der Waals surface area contributed by atoms with Crippen LogP contribution in [0.25, 0.3) is 0 Å². The van der Waals surface area contributed by atoms with Crippen LogP contribution in [0, 0.1) is 0 Å². The van der Waals surface area contributed by atoms with Crippen molar-refractivity contribution >= 4 is 29.9 Å². The van der Waals surface area contributed by atoms with E-state index in [0.717, 1.165) is 56.6 Å². The van der Waals surface area contributed by atoms with Crippen molar-refractivity contribution in [2.45, 2.75) is 71.6 Å². The van der Waals surface area contributed by atoms with Gasteiger partial charge in [-0.1, -0.05) is 44.2 Å². The predicted molar refractivity (Wildman–Crippen MR) is 138 cm³/mol. The number of guanidine groups is 1. The number of likely N-dealkylation sites (N-methyl/N-ethyl adjacent to an activating group) is 1. The number of hydrogen-bond acceptors (Lipinski definition) is 4. The molecule has 1 aliphatic rings. The number of nitrogens with zero attached hydrogens (tertiary/aromatic N) is 5. The highest BCUT2D eigenvalue weighted by atomic mass is 127. The Morgan fingerprint density at radius 1 is 1.26 bits per heavy atom. The largest absolute Gasteiger partial charge is 0.357 e. The molecular formula is C23H38IN7. The summed E-state index contributed by atoms with van der Waals surface area (Å²) >= 11 is 0. The third-order valence-electron chi connectivity index (χ3n) is 5.62. The Kier molecular flexibility index (Phi) is 10.2. The monoisotopic (exact) mass is 539 g/mol. The average molecular weight is 540 g/mol. The number of benzene rings is 1. The molecule has 31 heavy (non-hydrogen) atoms. The van der Waals surface area contributed by atoms with E-state index in [0.29, 0.717) is 18.0 Å². The van der Waals surface area contributed by atoms with Crippen molar-refractivity contribution in [3.05, 3.63) is 47.5 Å². The minimum absolute atomic E-state index is 0. The fourth-order valence-corrected chi connectivity index (χ4v) is 3.59. The maximum Gasteiger partial charge on any atom is 0.191 e. The molecule has 2 atom stereocenters. The molecule has 2 N–H and O–H groups in total. The molecule has 0 fully saturated rings. The van der Waals surface area contributed by atoms with E-state index in [1.807, 2.05) is 0 Å². The summed E-state index contributed by atoms with van der Waals surface area (Å²) in [5.41, 5.74) is 1.33. The molecule has 0 spiro atoms. The zero-order valence-corrected chi connectivity index (χ0v) is 21.8. The van der Waals surface area contributed by atoms with Crippen LogP contribution in [-0.2, 0) is 19.5 Å². The fourth-order valence-electron chi connectivity index (χ4n) is 3.59. The van der Waals surface area contributed by atoms with Crippen LogP contribution < -0.4 is 10.6 Å². The van der Waals surface area contributed by atoms with Crippen LogP contribution in [-0.4, -0.2) is 57.8 Å². The summed E-state index contributed by atoms with van der Waals surface area (Å²) in [6.45, 7) is 12.0. The van der Waals surface area contributed by atoms with Crippen molar-refractivity contribution < 1.29 is 0 Å². The van der Waals surface area contributed by atoms with E-state index in [4.69, 9.17) is 4.99 Å². The average Bonchev–Trinajstić information content (AvgIpc) is 3.16. The van der Waals surface area contributed by atoms with Gasteiger partial charge in [0.1, 0.15) is 5.82 Å². The lowest BCUT2D eigenvalue weighted by Gasteiger charge is -2.27. The SMILES string of the molecule is CCNC(=NCC(C)N(C)Cc1ccccc1)NC1CCc2nc(C(C)C)nn2C1.I. The summed E-state index contributed by atoms with van der Waals surface area (Å²) in [6, 6.07) is 11.2. The molecule has 0 radical (unpaired) electrons. The lowest BCUT2D eigenvalue weighted by atomic mass is 10.1. The fraction of sp³-hybridized carbons (Fsp3) is 0.609. The molecule has 0 bridgehead atoms. The van der Waals surface area contributed by atoms with E-state index in [-0.39, 0.29) is 24.0 Å². The molecular weight excluding hydrogens is 501 g/mol. The Morgan fingerprint density at radius 3 is 2.68 bits per heavy atom. The van der Waals surface area contributed by atoms with Crippen LogP contribution >= 0.6 is 24.0 Å². The van der Waals surface area contributed by atoms with Gasteiger partial charge in [-0.15, -0.1) is 24.0 Å². The van der Waals surface area contributed by atoms with Gasteiger partial charge in [0, 0.05) is 37.5 Å². The van der Waals surface area contributed by atoms with Gasteiger partial charge in [-0.25, -0.2) is 9.67 Å². The first-order valence-corrected chi connectivity index (χ1v) is 11.2. The molecule has 8 heteroatoms. The van der Waals surface area contributed by atoms with Crippen LogP contribution in [0.5, 0.6) is 0 Å². The van der Waals surface area contributed by atoms with Gasteiger partial charge in [-0.3, -0.25) is 9.89 Å². The van der Waals surface area contributed by atoms with E-state index >= 15 is 0 Å². The minimum atomic E-state index is 0. The van der Waals surface area contributed by atoms with Crippen LogP contribution in [0.15, 0.2) is 35.3 Å². The van der Waals surface area contributed by atoms with E-state index in [2.05, 4.69) is 95.4 Å². The maximum atomic E-state index is 4.87. The summed E-state index contributed by atoms with van der Waals surface area (Å²) in [4.78, 5) is 11.9. The number of hydrogen-bond donors (Lipinski definition) is 2. The first-order chi connectivity index (χ1) is 14.5. The number of aliphatic imine (C=N–C) groups is 1. The van der Waals surface area contributed by atoms with Crippen molar-refractivity contribution in [2.75, 3.05) is 20.1 Å². The predicted octanol–water partition coefficient (Wildman–Crippen LogP) is 3.41. The Morgan fingerprint density at radius 2 is 2.00 bits per heavy atom. The Hall–Kier alpha value is -1.68. The molecule has 0 saturated carbocycles. The van der Waals surface area contributed by atoms with Crippen molar-refractivity contribution in [3.63, 3.8) is 0 Å². The van der Waals surface area contributed by atoms with Crippen LogP contribution in [0.3, 0.4) is 0 Å². The van der Waals surface area contributed by atoms with Gasteiger partial charge >= 0.3 is 0 Å². The first-order valence-electron chi connectivity index (χ1n) is 11.2. The highest BCUT2D eigenvalue weighted by Gasteiger charge is 2.23. The summed E-state index contributed by atoms with van der Waals surface area (Å²) in [5.74, 6) is 3.30. The Balaban J connectivity index is 0.00000341. The standard InChI is InChI=1S/C23H37N7.HI/c1-6-24-23(25-14-18(4)29(5)15-19-10-8-7-9-11-19)26-20-12-13-21-27-22(17(2)3)28-30(21)16-20;/h7-11,17-18,20H,6,12-16H2,1-5H3,(H2,24,25,26);1H. The Bertz CT molecular complexity index is 819. The molecule has 2 unspecified atom stereocenters. The quantitative estimate of drug-likeness (QED) is 0.306. The van der Waals surface area contributed by atoms with Gasteiger partial charge < -0.3 is 10.6 Å². The second-order valence-corrected chi connectivity index (χ2v) is 8.57. The summed E-state index contributed by atoms with van der Waals surface area (Å²) in [5, 5.41) is 11.7. The van der Waals surface area contributed by atoms with Gasteiger partial charge in [0.25, 0.3) is 0 Å². The Labute approximate surface area is 204 Å². The lowest BCUT2D eigenvalue weighted by Crippen LogP contribution is -2.47. The highest BCUT2D eigenvalue weighted by molar-refractivity contribution is 14.0. The van der Waals surface area contributed by atoms with E-state index in [1.165, 1.54) is 5.56 Å². The number of aryl methyl sites for hydroxylation is 1. The van der Waals surface area contributed by atoms with Crippen molar-refractivity contribution in [1.29, 1.82) is 0 Å². The molecule has 172 valence electrons. The second kappa shape index (κ2) is 12.4. The zero-order chi connectivity index (χ0) is 21.5. The van der Waals surface area contributed by atoms with Crippen molar-refractivity contribution in [1.82, 2.24) is 30.3 Å². The molecule has 0 saturated heterocycles. The van der Waals surface area contributed by atoms with Gasteiger partial charge in [0.05, 0.1) is 13.1 Å². The molecule has 7 nitrogen and oxygen atoms in total. The molecule has 1 aromatic carbocycles. The van der Waals surface area contributed by atoms with Crippen molar-refractivity contribution in [2.24, 2.45) is 4.99 Å². The molecule has 0 aliphatic carbocycles. The third kappa shape index (κ3) is 7.45. The number of fused-ring (bicyclic) bond motifs is 1. The van der Waals surface area contributed by atoms with Gasteiger partial charge in [-0.05, 0) is 32.9 Å².